The Kier molecular flexibility index (Phi) is 5.50. The minimum Gasteiger partial charge on any atom is -0.392 e. The topological polar surface area (TPSA) is 66.4 Å². The molecule has 1 amide bonds. The number of rotatable bonds is 5. The lowest BCUT2D eigenvalue weighted by molar-refractivity contribution is 0.0924. The maximum absolute atomic E-state index is 11.8. The van der Waals surface area contributed by atoms with E-state index in [1.54, 1.807) is 31.2 Å². The molecule has 1 rings (SSSR count). The van der Waals surface area contributed by atoms with E-state index in [2.05, 4.69) is 5.32 Å². The molecule has 1 aromatic carbocycles. The Balaban J connectivity index is 2.71. The monoisotopic (exact) mass is 269 g/mol. The first-order valence-corrected chi connectivity index (χ1v) is 7.10. The molecule has 0 radical (unpaired) electrons. The van der Waals surface area contributed by atoms with Crippen LogP contribution in [0.4, 0.5) is 0 Å². The molecule has 0 aliphatic rings. The van der Waals surface area contributed by atoms with Crippen LogP contribution in [0.15, 0.2) is 29.2 Å². The standard InChI is InChI=1S/C13H19NO3S/c1-9(2)18(17)12-6-4-11(5-7-12)13(16)14-8-10(3)15/h4-7,9-10,15H,8H2,1-3H3,(H,14,16). The smallest absolute Gasteiger partial charge is 0.251 e. The molecule has 2 N–H and O–H groups in total. The van der Waals surface area contributed by atoms with Crippen molar-refractivity contribution in [1.29, 1.82) is 0 Å². The Bertz CT molecular complexity index is 426. The number of aliphatic hydroxyl groups is 1. The van der Waals surface area contributed by atoms with Gasteiger partial charge in [-0.1, -0.05) is 13.8 Å². The summed E-state index contributed by atoms with van der Waals surface area (Å²) in [7, 11) is -1.04. The first-order chi connectivity index (χ1) is 8.41. The van der Waals surface area contributed by atoms with Crippen molar-refractivity contribution < 1.29 is 14.1 Å². The van der Waals surface area contributed by atoms with E-state index in [9.17, 15) is 9.00 Å². The number of carbonyl (C=O) groups excluding carboxylic acids is 1. The van der Waals surface area contributed by atoms with E-state index < -0.39 is 16.9 Å². The third kappa shape index (κ3) is 4.23. The van der Waals surface area contributed by atoms with Crippen LogP contribution in [0.2, 0.25) is 0 Å². The van der Waals surface area contributed by atoms with Crippen LogP contribution < -0.4 is 5.32 Å². The van der Waals surface area contributed by atoms with Crippen molar-refractivity contribution in [3.05, 3.63) is 29.8 Å². The van der Waals surface area contributed by atoms with E-state index in [1.807, 2.05) is 13.8 Å². The summed E-state index contributed by atoms with van der Waals surface area (Å²) in [6.45, 7) is 5.60. The highest BCUT2D eigenvalue weighted by Crippen LogP contribution is 2.12. The Labute approximate surface area is 110 Å². The van der Waals surface area contributed by atoms with Crippen molar-refractivity contribution in [3.63, 3.8) is 0 Å². The molecule has 0 bridgehead atoms. The van der Waals surface area contributed by atoms with Gasteiger partial charge in [0.05, 0.1) is 16.9 Å². The van der Waals surface area contributed by atoms with Crippen LogP contribution in [0.1, 0.15) is 31.1 Å². The van der Waals surface area contributed by atoms with Gasteiger partial charge >= 0.3 is 0 Å². The summed E-state index contributed by atoms with van der Waals surface area (Å²) in [5, 5.41) is 11.7. The quantitative estimate of drug-likeness (QED) is 0.847. The molecule has 1 aromatic rings. The largest absolute Gasteiger partial charge is 0.392 e. The number of aliphatic hydroxyl groups excluding tert-OH is 1. The third-order valence-corrected chi connectivity index (χ3v) is 3.93. The number of hydrogen-bond donors (Lipinski definition) is 2. The van der Waals surface area contributed by atoms with Crippen LogP contribution in [0.3, 0.4) is 0 Å². The third-order valence-electron chi connectivity index (χ3n) is 2.33. The molecular formula is C13H19NO3S. The molecular weight excluding hydrogens is 250 g/mol. The van der Waals surface area contributed by atoms with Crippen LogP contribution in [-0.4, -0.2) is 33.1 Å². The predicted molar refractivity (Wildman–Crippen MR) is 72.0 cm³/mol. The van der Waals surface area contributed by atoms with E-state index in [0.717, 1.165) is 4.90 Å². The summed E-state index contributed by atoms with van der Waals surface area (Å²) < 4.78 is 11.8. The number of benzene rings is 1. The molecule has 0 heterocycles. The fraction of sp³-hybridized carbons (Fsp3) is 0.462. The second-order valence-electron chi connectivity index (χ2n) is 4.43. The molecule has 0 fully saturated rings. The number of nitrogens with one attached hydrogen (secondary N) is 1. The average molecular weight is 269 g/mol. The van der Waals surface area contributed by atoms with Crippen LogP contribution in [0, 0.1) is 0 Å². The molecule has 100 valence electrons. The van der Waals surface area contributed by atoms with Crippen LogP contribution in [0.25, 0.3) is 0 Å². The van der Waals surface area contributed by atoms with Gasteiger partial charge in [-0.05, 0) is 31.2 Å². The van der Waals surface area contributed by atoms with Gasteiger partial charge in [-0.3, -0.25) is 9.00 Å². The maximum Gasteiger partial charge on any atom is 0.251 e. The zero-order valence-corrected chi connectivity index (χ0v) is 11.7. The summed E-state index contributed by atoms with van der Waals surface area (Å²) in [6.07, 6.45) is -0.568. The van der Waals surface area contributed by atoms with Gasteiger partial charge in [0.15, 0.2) is 0 Å². The predicted octanol–water partition coefficient (Wildman–Crippen LogP) is 1.31. The van der Waals surface area contributed by atoms with Crippen molar-refractivity contribution in [2.45, 2.75) is 37.0 Å². The lowest BCUT2D eigenvalue weighted by atomic mass is 10.2. The van der Waals surface area contributed by atoms with Crippen LogP contribution in [-0.2, 0) is 10.8 Å². The average Bonchev–Trinajstić information content (AvgIpc) is 2.35. The molecule has 0 saturated carbocycles. The molecule has 0 spiro atoms. The minimum absolute atomic E-state index is 0.0555. The normalized spacial score (nSPS) is 14.3. The van der Waals surface area contributed by atoms with Crippen molar-refractivity contribution >= 4 is 16.7 Å². The highest BCUT2D eigenvalue weighted by atomic mass is 32.2. The molecule has 5 heteroatoms. The molecule has 0 aromatic heterocycles. The maximum atomic E-state index is 11.8. The fourth-order valence-electron chi connectivity index (χ4n) is 1.36. The van der Waals surface area contributed by atoms with Gasteiger partial charge in [0, 0.05) is 22.3 Å². The molecule has 4 nitrogen and oxygen atoms in total. The van der Waals surface area contributed by atoms with Crippen LogP contribution in [0.5, 0.6) is 0 Å². The van der Waals surface area contributed by atoms with Gasteiger partial charge in [-0.25, -0.2) is 0 Å². The second-order valence-corrected chi connectivity index (χ2v) is 6.44. The zero-order chi connectivity index (χ0) is 13.7. The SMILES string of the molecule is CC(O)CNC(=O)c1ccc(S(=O)C(C)C)cc1. The first kappa shape index (κ1) is 14.9. The molecule has 2 unspecified atom stereocenters. The van der Waals surface area contributed by atoms with Gasteiger partial charge in [-0.15, -0.1) is 0 Å². The van der Waals surface area contributed by atoms with E-state index >= 15 is 0 Å². The highest BCUT2D eigenvalue weighted by molar-refractivity contribution is 7.85. The Morgan fingerprint density at radius 1 is 1.28 bits per heavy atom. The van der Waals surface area contributed by atoms with Gasteiger partial charge in [0.25, 0.3) is 5.91 Å². The molecule has 0 saturated heterocycles. The first-order valence-electron chi connectivity index (χ1n) is 5.88. The lowest BCUT2D eigenvalue weighted by Gasteiger charge is -2.08. The summed E-state index contributed by atoms with van der Waals surface area (Å²) in [6, 6.07) is 6.70. The number of amides is 1. The van der Waals surface area contributed by atoms with Crippen molar-refractivity contribution in [3.8, 4) is 0 Å². The Morgan fingerprint density at radius 3 is 2.28 bits per heavy atom. The Morgan fingerprint density at radius 2 is 1.83 bits per heavy atom. The van der Waals surface area contributed by atoms with E-state index in [4.69, 9.17) is 5.11 Å². The fourth-order valence-corrected chi connectivity index (χ4v) is 2.30. The van der Waals surface area contributed by atoms with Crippen molar-refractivity contribution in [2.75, 3.05) is 6.54 Å². The molecule has 0 aliphatic heterocycles. The number of hydrogen-bond acceptors (Lipinski definition) is 3. The lowest BCUT2D eigenvalue weighted by Crippen LogP contribution is -2.30. The molecule has 2 atom stereocenters. The van der Waals surface area contributed by atoms with Crippen molar-refractivity contribution in [1.82, 2.24) is 5.32 Å². The van der Waals surface area contributed by atoms with Gasteiger partial charge in [0.1, 0.15) is 0 Å². The second kappa shape index (κ2) is 6.66. The van der Waals surface area contributed by atoms with E-state index in [-0.39, 0.29) is 17.7 Å². The van der Waals surface area contributed by atoms with E-state index in [0.29, 0.717) is 5.56 Å². The Hall–Kier alpha value is -1.20. The summed E-state index contributed by atoms with van der Waals surface area (Å²) in [5.41, 5.74) is 0.500. The molecule has 0 aliphatic carbocycles. The van der Waals surface area contributed by atoms with Crippen molar-refractivity contribution in [2.24, 2.45) is 0 Å². The highest BCUT2D eigenvalue weighted by Gasteiger charge is 2.10. The van der Waals surface area contributed by atoms with E-state index in [1.165, 1.54) is 0 Å². The summed E-state index contributed by atoms with van der Waals surface area (Å²) >= 11 is 0. The van der Waals surface area contributed by atoms with Gasteiger partial charge in [0.2, 0.25) is 0 Å². The minimum atomic E-state index is -1.04. The summed E-state index contributed by atoms with van der Waals surface area (Å²) in [5.74, 6) is -0.238. The molecule has 18 heavy (non-hydrogen) atoms. The van der Waals surface area contributed by atoms with Gasteiger partial charge in [-0.2, -0.15) is 0 Å². The van der Waals surface area contributed by atoms with Gasteiger partial charge < -0.3 is 10.4 Å². The van der Waals surface area contributed by atoms with Crippen LogP contribution >= 0.6 is 0 Å². The summed E-state index contributed by atoms with van der Waals surface area (Å²) in [4.78, 5) is 12.4. The number of carbonyl (C=O) groups is 1. The zero-order valence-electron chi connectivity index (χ0n) is 10.8.